The maximum absolute atomic E-state index is 4.47. The summed E-state index contributed by atoms with van der Waals surface area (Å²) in [5.41, 5.74) is 6.32. The Hall–Kier alpha value is -1.15. The Morgan fingerprint density at radius 3 is 2.44 bits per heavy atom. The van der Waals surface area contributed by atoms with E-state index in [4.69, 9.17) is 0 Å². The topological polar surface area (TPSA) is 12.9 Å². The zero-order chi connectivity index (χ0) is 13.1. The lowest BCUT2D eigenvalue weighted by molar-refractivity contribution is 0.893. The van der Waals surface area contributed by atoms with Crippen LogP contribution in [-0.2, 0) is 6.42 Å². The third-order valence-corrected chi connectivity index (χ3v) is 3.95. The highest BCUT2D eigenvalue weighted by molar-refractivity contribution is 9.09. The van der Waals surface area contributed by atoms with E-state index in [-0.39, 0.29) is 0 Å². The van der Waals surface area contributed by atoms with Crippen molar-refractivity contribution in [3.05, 3.63) is 64.5 Å². The summed E-state index contributed by atoms with van der Waals surface area (Å²) in [5.74, 6) is 0. The molecule has 1 atom stereocenters. The minimum atomic E-state index is 0.326. The zero-order valence-electron chi connectivity index (χ0n) is 11.1. The molecule has 0 amide bonds. The van der Waals surface area contributed by atoms with E-state index in [9.17, 15) is 0 Å². The van der Waals surface area contributed by atoms with E-state index in [2.05, 4.69) is 72.0 Å². The first-order chi connectivity index (χ1) is 8.56. The number of aromatic nitrogens is 1. The molecule has 0 spiro atoms. The van der Waals surface area contributed by atoms with Gasteiger partial charge in [-0.2, -0.15) is 0 Å². The Labute approximate surface area is 117 Å². The smallest absolute Gasteiger partial charge is 0.0453 e. The predicted octanol–water partition coefficient (Wildman–Crippen LogP) is 4.69. The number of alkyl halides is 1. The fraction of sp³-hybridized carbons (Fsp3) is 0.312. The second-order valence-electron chi connectivity index (χ2n) is 4.86. The number of aryl methyl sites for hydroxylation is 3. The minimum absolute atomic E-state index is 0.326. The number of hydrogen-bond donors (Lipinski definition) is 0. The number of pyridine rings is 1. The van der Waals surface area contributed by atoms with Gasteiger partial charge in [0.1, 0.15) is 0 Å². The van der Waals surface area contributed by atoms with Gasteiger partial charge in [0.2, 0.25) is 0 Å². The molecule has 1 heterocycles. The van der Waals surface area contributed by atoms with Gasteiger partial charge < -0.3 is 0 Å². The fourth-order valence-corrected chi connectivity index (χ4v) is 2.84. The molecule has 94 valence electrons. The van der Waals surface area contributed by atoms with E-state index in [1.807, 2.05) is 6.20 Å². The van der Waals surface area contributed by atoms with Gasteiger partial charge in [0.15, 0.2) is 0 Å². The Morgan fingerprint density at radius 2 is 1.78 bits per heavy atom. The van der Waals surface area contributed by atoms with Gasteiger partial charge in [0, 0.05) is 23.1 Å². The summed E-state index contributed by atoms with van der Waals surface area (Å²) >= 11 is 3.79. The fourth-order valence-electron chi connectivity index (χ4n) is 2.01. The second kappa shape index (κ2) is 5.66. The normalized spacial score (nSPS) is 12.4. The van der Waals surface area contributed by atoms with E-state index in [1.54, 1.807) is 0 Å². The second-order valence-corrected chi connectivity index (χ2v) is 5.96. The molecule has 0 aliphatic rings. The standard InChI is InChI=1S/C16H18BrN/c1-11-4-6-13(3)15(8-11)16(17)9-14-7-5-12(2)10-18-14/h4-8,10,16H,9H2,1-3H3. The van der Waals surface area contributed by atoms with Crippen molar-refractivity contribution in [2.24, 2.45) is 0 Å². The van der Waals surface area contributed by atoms with Crippen LogP contribution in [0.1, 0.15) is 32.8 Å². The van der Waals surface area contributed by atoms with Crippen molar-refractivity contribution in [2.45, 2.75) is 32.0 Å². The highest BCUT2D eigenvalue weighted by Crippen LogP contribution is 2.29. The van der Waals surface area contributed by atoms with Crippen molar-refractivity contribution in [2.75, 3.05) is 0 Å². The van der Waals surface area contributed by atoms with Gasteiger partial charge in [-0.05, 0) is 43.5 Å². The Kier molecular flexibility index (Phi) is 4.18. The van der Waals surface area contributed by atoms with E-state index in [1.165, 1.54) is 22.3 Å². The lowest BCUT2D eigenvalue weighted by atomic mass is 10.00. The molecular weight excluding hydrogens is 286 g/mol. The van der Waals surface area contributed by atoms with Gasteiger partial charge in [-0.15, -0.1) is 0 Å². The molecule has 2 rings (SSSR count). The largest absolute Gasteiger partial charge is 0.261 e. The van der Waals surface area contributed by atoms with Gasteiger partial charge in [-0.25, -0.2) is 0 Å². The highest BCUT2D eigenvalue weighted by atomic mass is 79.9. The molecule has 2 aromatic rings. The van der Waals surface area contributed by atoms with Gasteiger partial charge in [0.05, 0.1) is 0 Å². The molecule has 0 fully saturated rings. The number of hydrogen-bond acceptors (Lipinski definition) is 1. The monoisotopic (exact) mass is 303 g/mol. The summed E-state index contributed by atoms with van der Waals surface area (Å²) in [7, 11) is 0. The maximum atomic E-state index is 4.47. The lowest BCUT2D eigenvalue weighted by Gasteiger charge is -2.13. The highest BCUT2D eigenvalue weighted by Gasteiger charge is 2.12. The molecule has 1 aromatic carbocycles. The average Bonchev–Trinajstić information content (AvgIpc) is 2.35. The molecule has 1 unspecified atom stereocenters. The van der Waals surface area contributed by atoms with Crippen molar-refractivity contribution < 1.29 is 0 Å². The number of benzene rings is 1. The van der Waals surface area contributed by atoms with Crippen LogP contribution in [0.4, 0.5) is 0 Å². The molecule has 0 bridgehead atoms. The van der Waals surface area contributed by atoms with Gasteiger partial charge in [0.25, 0.3) is 0 Å². The Morgan fingerprint density at radius 1 is 1.06 bits per heavy atom. The number of rotatable bonds is 3. The van der Waals surface area contributed by atoms with Crippen LogP contribution in [0, 0.1) is 20.8 Å². The predicted molar refractivity (Wildman–Crippen MR) is 80.3 cm³/mol. The Bertz CT molecular complexity index is 531. The molecule has 0 radical (unpaired) electrons. The zero-order valence-corrected chi connectivity index (χ0v) is 12.7. The maximum Gasteiger partial charge on any atom is 0.0453 e. The van der Waals surface area contributed by atoms with Gasteiger partial charge in [-0.1, -0.05) is 45.8 Å². The first-order valence-corrected chi connectivity index (χ1v) is 7.10. The summed E-state index contributed by atoms with van der Waals surface area (Å²) in [5, 5.41) is 0. The molecule has 1 aromatic heterocycles. The van der Waals surface area contributed by atoms with Crippen LogP contribution in [0.2, 0.25) is 0 Å². The molecule has 2 heteroatoms. The van der Waals surface area contributed by atoms with Crippen molar-refractivity contribution >= 4 is 15.9 Å². The molecule has 0 saturated heterocycles. The number of halogens is 1. The van der Waals surface area contributed by atoms with Gasteiger partial charge in [-0.3, -0.25) is 4.98 Å². The SMILES string of the molecule is Cc1ccc(CC(Br)c2cc(C)ccc2C)nc1. The third kappa shape index (κ3) is 3.20. The van der Waals surface area contributed by atoms with E-state index in [0.29, 0.717) is 4.83 Å². The summed E-state index contributed by atoms with van der Waals surface area (Å²) in [4.78, 5) is 4.79. The summed E-state index contributed by atoms with van der Waals surface area (Å²) in [6.45, 7) is 6.35. The molecule has 0 N–H and O–H groups in total. The van der Waals surface area contributed by atoms with Crippen molar-refractivity contribution in [3.63, 3.8) is 0 Å². The molecule has 0 saturated carbocycles. The molecular formula is C16H18BrN. The van der Waals surface area contributed by atoms with Crippen LogP contribution in [0.15, 0.2) is 36.5 Å². The van der Waals surface area contributed by atoms with E-state index in [0.717, 1.165) is 12.1 Å². The molecule has 18 heavy (non-hydrogen) atoms. The first kappa shape index (κ1) is 13.3. The van der Waals surface area contributed by atoms with E-state index < -0.39 is 0 Å². The summed E-state index contributed by atoms with van der Waals surface area (Å²) in [6.07, 6.45) is 2.85. The van der Waals surface area contributed by atoms with Crippen LogP contribution >= 0.6 is 15.9 Å². The minimum Gasteiger partial charge on any atom is -0.261 e. The molecule has 0 aliphatic carbocycles. The van der Waals surface area contributed by atoms with Crippen molar-refractivity contribution in [3.8, 4) is 0 Å². The van der Waals surface area contributed by atoms with Crippen LogP contribution in [0.3, 0.4) is 0 Å². The van der Waals surface area contributed by atoms with Crippen LogP contribution in [0.25, 0.3) is 0 Å². The first-order valence-electron chi connectivity index (χ1n) is 6.19. The Balaban J connectivity index is 2.18. The quantitative estimate of drug-likeness (QED) is 0.750. The van der Waals surface area contributed by atoms with Crippen LogP contribution < -0.4 is 0 Å². The average molecular weight is 304 g/mol. The summed E-state index contributed by atoms with van der Waals surface area (Å²) < 4.78 is 0. The molecule has 0 aliphatic heterocycles. The van der Waals surface area contributed by atoms with Crippen LogP contribution in [0.5, 0.6) is 0 Å². The van der Waals surface area contributed by atoms with E-state index >= 15 is 0 Å². The molecule has 1 nitrogen and oxygen atoms in total. The van der Waals surface area contributed by atoms with Gasteiger partial charge >= 0.3 is 0 Å². The number of nitrogens with zero attached hydrogens (tertiary/aromatic N) is 1. The van der Waals surface area contributed by atoms with Crippen molar-refractivity contribution in [1.29, 1.82) is 0 Å². The van der Waals surface area contributed by atoms with Crippen LogP contribution in [-0.4, -0.2) is 4.98 Å². The summed E-state index contributed by atoms with van der Waals surface area (Å²) in [6, 6.07) is 10.8. The third-order valence-electron chi connectivity index (χ3n) is 3.13. The van der Waals surface area contributed by atoms with Crippen molar-refractivity contribution in [1.82, 2.24) is 4.98 Å². The lowest BCUT2D eigenvalue weighted by Crippen LogP contribution is -2.00.